The van der Waals surface area contributed by atoms with E-state index in [-0.39, 0.29) is 0 Å². The number of nitrogens with zero attached hydrogens (tertiary/aromatic N) is 2. The van der Waals surface area contributed by atoms with Crippen molar-refractivity contribution in [3.05, 3.63) is 17.5 Å². The highest BCUT2D eigenvalue weighted by molar-refractivity contribution is 7.27. The third kappa shape index (κ3) is 0.487. The van der Waals surface area contributed by atoms with E-state index in [0.717, 1.165) is 4.96 Å². The van der Waals surface area contributed by atoms with Crippen LogP contribution in [0.2, 0.25) is 0 Å². The van der Waals surface area contributed by atoms with E-state index in [1.165, 1.54) is 8.35 Å². The predicted octanol–water partition coefficient (Wildman–Crippen LogP) is 1.98. The summed E-state index contributed by atoms with van der Waals surface area (Å²) in [6, 6.07) is 0. The van der Waals surface area contributed by atoms with Crippen LogP contribution in [-0.4, -0.2) is 9.15 Å². The van der Waals surface area contributed by atoms with E-state index in [1.807, 2.05) is 17.5 Å². The van der Waals surface area contributed by atoms with Crippen molar-refractivity contribution in [1.82, 2.24) is 9.15 Å². The molecule has 0 fully saturated rings. The van der Waals surface area contributed by atoms with Gasteiger partial charge in [0, 0.05) is 19.9 Å². The zero-order valence-electron chi connectivity index (χ0n) is 3.98. The Morgan fingerprint density at radius 2 is 2.75 bits per heavy atom. The largest absolute Gasteiger partial charge is 0.273 e. The quantitative estimate of drug-likeness (QED) is 0.549. The lowest BCUT2D eigenvalue weighted by Gasteiger charge is -1.70. The minimum atomic E-state index is 1.10. The lowest BCUT2D eigenvalue weighted by Crippen LogP contribution is -1.61. The number of fused-ring (bicyclic) bond motifs is 1. The first-order valence-electron chi connectivity index (χ1n) is 2.19. The maximum atomic E-state index is 4.10. The average molecular weight is 142 g/mol. The van der Waals surface area contributed by atoms with Crippen LogP contribution in [0.3, 0.4) is 0 Å². The SMILES string of the molecule is c1nc2sccn2p1. The maximum absolute atomic E-state index is 4.10. The predicted molar refractivity (Wildman–Crippen MR) is 35.6 cm³/mol. The highest BCUT2D eigenvalue weighted by Crippen LogP contribution is 2.14. The minimum Gasteiger partial charge on any atom is -0.273 e. The lowest BCUT2D eigenvalue weighted by atomic mass is 11.0. The molecule has 2 heterocycles. The van der Waals surface area contributed by atoms with E-state index in [4.69, 9.17) is 0 Å². The number of aromatic nitrogens is 2. The summed E-state index contributed by atoms with van der Waals surface area (Å²) in [6.45, 7) is 0. The molecular formula is C4H3N2PS. The first-order valence-corrected chi connectivity index (χ1v) is 3.99. The molecule has 0 bridgehead atoms. The molecule has 0 aromatic carbocycles. The van der Waals surface area contributed by atoms with Crippen molar-refractivity contribution in [2.75, 3.05) is 0 Å². The minimum absolute atomic E-state index is 1.10. The fraction of sp³-hybridized carbons (Fsp3) is 0. The molecule has 0 saturated carbocycles. The van der Waals surface area contributed by atoms with Crippen molar-refractivity contribution in [3.8, 4) is 0 Å². The van der Waals surface area contributed by atoms with Gasteiger partial charge in [-0.2, -0.15) is 0 Å². The van der Waals surface area contributed by atoms with Crippen LogP contribution >= 0.6 is 19.7 Å². The second kappa shape index (κ2) is 1.54. The Balaban J connectivity index is 3.06. The van der Waals surface area contributed by atoms with E-state index in [2.05, 4.69) is 9.15 Å². The molecule has 40 valence electrons. The molecule has 0 atom stereocenters. The zero-order valence-corrected chi connectivity index (χ0v) is 5.69. The molecule has 0 saturated heterocycles. The monoisotopic (exact) mass is 142 g/mol. The average Bonchev–Trinajstić information content (AvgIpc) is 2.15. The van der Waals surface area contributed by atoms with Crippen LogP contribution in [0.15, 0.2) is 17.5 Å². The van der Waals surface area contributed by atoms with Gasteiger partial charge in [0.1, 0.15) is 0 Å². The summed E-state index contributed by atoms with van der Waals surface area (Å²) >= 11 is 1.67. The van der Waals surface area contributed by atoms with Crippen LogP contribution in [0, 0.1) is 0 Å². The van der Waals surface area contributed by atoms with Gasteiger partial charge in [0.15, 0.2) is 4.96 Å². The Hall–Kier alpha value is -0.400. The van der Waals surface area contributed by atoms with Crippen molar-refractivity contribution in [3.63, 3.8) is 0 Å². The molecule has 0 N–H and O–H groups in total. The fourth-order valence-electron chi connectivity index (χ4n) is 0.575. The molecule has 0 aliphatic heterocycles. The summed E-state index contributed by atoms with van der Waals surface area (Å²) in [5.74, 6) is 1.89. The van der Waals surface area contributed by atoms with Gasteiger partial charge in [-0.15, -0.1) is 11.3 Å². The molecule has 0 radical (unpaired) electrons. The molecule has 2 aromatic heterocycles. The molecule has 2 aromatic rings. The molecule has 2 nitrogen and oxygen atoms in total. The van der Waals surface area contributed by atoms with Crippen LogP contribution in [0.25, 0.3) is 4.96 Å². The summed E-state index contributed by atoms with van der Waals surface area (Å²) < 4.78 is 2.09. The van der Waals surface area contributed by atoms with Gasteiger partial charge < -0.3 is 0 Å². The molecule has 0 unspecified atom stereocenters. The van der Waals surface area contributed by atoms with E-state index < -0.39 is 0 Å². The van der Waals surface area contributed by atoms with Gasteiger partial charge in [0.25, 0.3) is 0 Å². The van der Waals surface area contributed by atoms with Gasteiger partial charge >= 0.3 is 0 Å². The van der Waals surface area contributed by atoms with Gasteiger partial charge in [0.05, 0.1) is 5.93 Å². The molecule has 0 spiro atoms. The van der Waals surface area contributed by atoms with Crippen LogP contribution in [0.5, 0.6) is 0 Å². The van der Waals surface area contributed by atoms with Crippen molar-refractivity contribution in [2.24, 2.45) is 0 Å². The lowest BCUT2D eigenvalue weighted by molar-refractivity contribution is 1.34. The molecule has 0 aliphatic rings. The standard InChI is InChI=1S/C4H3N2PS/c1-2-8-4-5-3-7-6(1)4/h1-3H. The van der Waals surface area contributed by atoms with Crippen molar-refractivity contribution >= 4 is 24.6 Å². The van der Waals surface area contributed by atoms with Crippen LogP contribution in [0.1, 0.15) is 0 Å². The van der Waals surface area contributed by atoms with Gasteiger partial charge in [-0.3, -0.25) is 4.16 Å². The Morgan fingerprint density at radius 1 is 1.75 bits per heavy atom. The molecular weight excluding hydrogens is 139 g/mol. The number of thiazole rings is 1. The summed E-state index contributed by atoms with van der Waals surface area (Å²) in [4.78, 5) is 5.21. The first-order chi connectivity index (χ1) is 3.97. The van der Waals surface area contributed by atoms with Gasteiger partial charge in [0.2, 0.25) is 0 Å². The van der Waals surface area contributed by atoms with Crippen LogP contribution in [-0.2, 0) is 0 Å². The second-order valence-electron chi connectivity index (χ2n) is 1.39. The topological polar surface area (TPSA) is 17.3 Å². The summed E-state index contributed by atoms with van der Waals surface area (Å²) in [5.41, 5.74) is 0. The van der Waals surface area contributed by atoms with E-state index >= 15 is 0 Å². The van der Waals surface area contributed by atoms with Crippen molar-refractivity contribution in [1.29, 1.82) is 0 Å². The van der Waals surface area contributed by atoms with Crippen molar-refractivity contribution in [2.45, 2.75) is 0 Å². The summed E-state index contributed by atoms with van der Waals surface area (Å²) in [6.07, 6.45) is 2.04. The highest BCUT2D eigenvalue weighted by atomic mass is 32.1. The van der Waals surface area contributed by atoms with Gasteiger partial charge in [-0.25, -0.2) is 4.98 Å². The maximum Gasteiger partial charge on any atom is 0.197 e. The Labute approximate surface area is 52.0 Å². The van der Waals surface area contributed by atoms with Crippen LogP contribution in [0.4, 0.5) is 0 Å². The number of hydrogen-bond donors (Lipinski definition) is 0. The number of rotatable bonds is 0. The van der Waals surface area contributed by atoms with Gasteiger partial charge in [-0.1, -0.05) is 0 Å². The molecule has 0 amide bonds. The highest BCUT2D eigenvalue weighted by Gasteiger charge is 1.89. The van der Waals surface area contributed by atoms with Crippen LogP contribution < -0.4 is 0 Å². The normalized spacial score (nSPS) is 11.5. The smallest absolute Gasteiger partial charge is 0.197 e. The Bertz CT molecular complexity index is 235. The molecule has 2 rings (SSSR count). The molecule has 4 heteroatoms. The molecule has 8 heavy (non-hydrogen) atoms. The third-order valence-corrected chi connectivity index (χ3v) is 2.61. The van der Waals surface area contributed by atoms with E-state index in [0.29, 0.717) is 0 Å². The van der Waals surface area contributed by atoms with Crippen molar-refractivity contribution < 1.29 is 0 Å². The van der Waals surface area contributed by atoms with E-state index in [9.17, 15) is 0 Å². The number of hydrogen-bond acceptors (Lipinski definition) is 2. The molecule has 0 aliphatic carbocycles. The summed E-state index contributed by atoms with van der Waals surface area (Å²) in [5, 5.41) is 2.04. The first kappa shape index (κ1) is 4.48. The second-order valence-corrected chi connectivity index (χ2v) is 3.16. The van der Waals surface area contributed by atoms with E-state index in [1.54, 1.807) is 11.3 Å². The third-order valence-electron chi connectivity index (χ3n) is 0.916. The van der Waals surface area contributed by atoms with Gasteiger partial charge in [-0.05, 0) is 0 Å². The fourth-order valence-corrected chi connectivity index (χ4v) is 2.18. The summed E-state index contributed by atoms with van der Waals surface area (Å²) in [7, 11) is 1.17. The zero-order chi connectivity index (χ0) is 5.40. The Kier molecular flexibility index (Phi) is 0.861. The Morgan fingerprint density at radius 3 is 3.62 bits per heavy atom.